The number of amides is 1. The summed E-state index contributed by atoms with van der Waals surface area (Å²) < 4.78 is 12.8. The summed E-state index contributed by atoms with van der Waals surface area (Å²) in [4.78, 5) is 22.1. The zero-order valence-corrected chi connectivity index (χ0v) is 11.3. The second-order valence-corrected chi connectivity index (χ2v) is 4.61. The van der Waals surface area contributed by atoms with E-state index in [0.29, 0.717) is 16.8 Å². The lowest BCUT2D eigenvalue weighted by molar-refractivity contribution is -0.384. The molecule has 0 bridgehead atoms. The maximum absolute atomic E-state index is 12.8. The molecule has 0 aliphatic rings. The third-order valence-corrected chi connectivity index (χ3v) is 2.97. The summed E-state index contributed by atoms with van der Waals surface area (Å²) in [6.07, 6.45) is 0.108. The lowest BCUT2D eigenvalue weighted by atomic mass is 10.1. The molecule has 2 aromatic carbocycles. The van der Waals surface area contributed by atoms with Gasteiger partial charge in [-0.05, 0) is 36.2 Å². The molecule has 0 heterocycles. The number of halogens is 1. The van der Waals surface area contributed by atoms with E-state index in [1.54, 1.807) is 6.92 Å². The van der Waals surface area contributed by atoms with Crippen LogP contribution in [0.2, 0.25) is 0 Å². The molecule has 108 valence electrons. The minimum absolute atomic E-state index is 0.0240. The van der Waals surface area contributed by atoms with Crippen LogP contribution in [-0.4, -0.2) is 10.8 Å². The van der Waals surface area contributed by atoms with Gasteiger partial charge >= 0.3 is 0 Å². The second kappa shape index (κ2) is 6.13. The number of nitro groups is 1. The normalized spacial score (nSPS) is 10.2. The Hall–Kier alpha value is -2.76. The summed E-state index contributed by atoms with van der Waals surface area (Å²) in [6, 6.07) is 9.89. The van der Waals surface area contributed by atoms with Gasteiger partial charge in [0.15, 0.2) is 0 Å². The number of carbonyl (C=O) groups is 1. The molecule has 0 fully saturated rings. The van der Waals surface area contributed by atoms with E-state index in [1.807, 2.05) is 0 Å². The highest BCUT2D eigenvalue weighted by Crippen LogP contribution is 2.21. The number of hydrogen-bond acceptors (Lipinski definition) is 3. The molecule has 0 atom stereocenters. The van der Waals surface area contributed by atoms with Crippen LogP contribution in [0, 0.1) is 22.9 Å². The van der Waals surface area contributed by atoms with Crippen LogP contribution in [0.25, 0.3) is 0 Å². The standard InChI is InChI=1S/C15H13FN2O3/c1-10-8-13(18(20)21)6-7-14(10)17-15(19)9-11-2-4-12(16)5-3-11/h2-8H,9H2,1H3,(H,17,19). The Balaban J connectivity index is 2.06. The fourth-order valence-electron chi connectivity index (χ4n) is 1.88. The van der Waals surface area contributed by atoms with E-state index in [1.165, 1.54) is 42.5 Å². The van der Waals surface area contributed by atoms with Gasteiger partial charge in [-0.3, -0.25) is 14.9 Å². The van der Waals surface area contributed by atoms with Crippen molar-refractivity contribution in [3.05, 3.63) is 69.5 Å². The van der Waals surface area contributed by atoms with Crippen LogP contribution in [0.4, 0.5) is 15.8 Å². The number of nitrogens with zero attached hydrogens (tertiary/aromatic N) is 1. The Kier molecular flexibility index (Phi) is 4.27. The van der Waals surface area contributed by atoms with Crippen LogP contribution in [0.15, 0.2) is 42.5 Å². The fraction of sp³-hybridized carbons (Fsp3) is 0.133. The first-order valence-electron chi connectivity index (χ1n) is 6.25. The molecule has 0 aliphatic heterocycles. The summed E-state index contributed by atoms with van der Waals surface area (Å²) >= 11 is 0. The smallest absolute Gasteiger partial charge is 0.269 e. The first-order valence-corrected chi connectivity index (χ1v) is 6.25. The largest absolute Gasteiger partial charge is 0.326 e. The molecule has 0 aliphatic carbocycles. The van der Waals surface area contributed by atoms with Gasteiger partial charge in [0.2, 0.25) is 5.91 Å². The van der Waals surface area contributed by atoms with E-state index in [4.69, 9.17) is 0 Å². The molecule has 0 unspecified atom stereocenters. The summed E-state index contributed by atoms with van der Waals surface area (Å²) in [6.45, 7) is 1.68. The van der Waals surface area contributed by atoms with Gasteiger partial charge in [-0.1, -0.05) is 12.1 Å². The summed E-state index contributed by atoms with van der Waals surface area (Å²) in [5.41, 5.74) is 1.79. The third kappa shape index (κ3) is 3.85. The lowest BCUT2D eigenvalue weighted by Gasteiger charge is -2.08. The topological polar surface area (TPSA) is 72.2 Å². The van der Waals surface area contributed by atoms with Crippen molar-refractivity contribution in [1.82, 2.24) is 0 Å². The maximum atomic E-state index is 12.8. The van der Waals surface area contributed by atoms with E-state index in [-0.39, 0.29) is 23.8 Å². The Morgan fingerprint density at radius 2 is 1.90 bits per heavy atom. The minimum Gasteiger partial charge on any atom is -0.326 e. The number of nitrogens with one attached hydrogen (secondary N) is 1. The fourth-order valence-corrected chi connectivity index (χ4v) is 1.88. The van der Waals surface area contributed by atoms with Crippen molar-refractivity contribution in [2.75, 3.05) is 5.32 Å². The van der Waals surface area contributed by atoms with Gasteiger partial charge in [0.25, 0.3) is 5.69 Å². The molecule has 0 aromatic heterocycles. The lowest BCUT2D eigenvalue weighted by Crippen LogP contribution is -2.15. The van der Waals surface area contributed by atoms with Gasteiger partial charge in [-0.2, -0.15) is 0 Å². The monoisotopic (exact) mass is 288 g/mol. The summed E-state index contributed by atoms with van der Waals surface area (Å²) in [5, 5.41) is 13.3. The third-order valence-electron chi connectivity index (χ3n) is 2.97. The number of carbonyl (C=O) groups excluding carboxylic acids is 1. The average molecular weight is 288 g/mol. The van der Waals surface area contributed by atoms with E-state index >= 15 is 0 Å². The molecule has 5 nitrogen and oxygen atoms in total. The van der Waals surface area contributed by atoms with E-state index < -0.39 is 4.92 Å². The highest BCUT2D eigenvalue weighted by molar-refractivity contribution is 5.93. The number of rotatable bonds is 4. The van der Waals surface area contributed by atoms with E-state index in [9.17, 15) is 19.3 Å². The predicted molar refractivity (Wildman–Crippen MR) is 76.6 cm³/mol. The number of non-ortho nitro benzene ring substituents is 1. The number of anilines is 1. The molecule has 2 aromatic rings. The van der Waals surface area contributed by atoms with Gasteiger partial charge in [0, 0.05) is 17.8 Å². The Morgan fingerprint density at radius 1 is 1.24 bits per heavy atom. The number of benzene rings is 2. The number of aryl methyl sites for hydroxylation is 1. The summed E-state index contributed by atoms with van der Waals surface area (Å²) in [5.74, 6) is -0.621. The minimum atomic E-state index is -0.489. The number of hydrogen-bond donors (Lipinski definition) is 1. The van der Waals surface area contributed by atoms with Crippen LogP contribution in [0.3, 0.4) is 0 Å². The first-order chi connectivity index (χ1) is 9.95. The van der Waals surface area contributed by atoms with Crippen molar-refractivity contribution >= 4 is 17.3 Å². The Bertz CT molecular complexity index is 684. The molecule has 1 amide bonds. The van der Waals surface area contributed by atoms with Crippen LogP contribution < -0.4 is 5.32 Å². The SMILES string of the molecule is Cc1cc([N+](=O)[O-])ccc1NC(=O)Cc1ccc(F)cc1. The molecule has 1 N–H and O–H groups in total. The van der Waals surface area contributed by atoms with Crippen molar-refractivity contribution in [3.8, 4) is 0 Å². The van der Waals surface area contributed by atoms with Crippen LogP contribution in [0.1, 0.15) is 11.1 Å². The van der Waals surface area contributed by atoms with Gasteiger partial charge < -0.3 is 5.32 Å². The molecule has 0 saturated carbocycles. The van der Waals surface area contributed by atoms with Crippen LogP contribution >= 0.6 is 0 Å². The van der Waals surface area contributed by atoms with Gasteiger partial charge in [0.1, 0.15) is 5.82 Å². The molecular weight excluding hydrogens is 275 g/mol. The highest BCUT2D eigenvalue weighted by Gasteiger charge is 2.10. The van der Waals surface area contributed by atoms with Crippen LogP contribution in [-0.2, 0) is 11.2 Å². The molecular formula is C15H13FN2O3. The first kappa shape index (κ1) is 14.6. The van der Waals surface area contributed by atoms with Crippen molar-refractivity contribution in [2.24, 2.45) is 0 Å². The molecule has 0 saturated heterocycles. The van der Waals surface area contributed by atoms with Crippen LogP contribution in [0.5, 0.6) is 0 Å². The van der Waals surface area contributed by atoms with Crippen molar-refractivity contribution in [2.45, 2.75) is 13.3 Å². The second-order valence-electron chi connectivity index (χ2n) is 4.61. The predicted octanol–water partition coefficient (Wildman–Crippen LogP) is 3.22. The van der Waals surface area contributed by atoms with Gasteiger partial charge in [0.05, 0.1) is 11.3 Å². The zero-order chi connectivity index (χ0) is 15.4. The van der Waals surface area contributed by atoms with Gasteiger partial charge in [-0.15, -0.1) is 0 Å². The molecule has 0 radical (unpaired) electrons. The molecule has 6 heteroatoms. The maximum Gasteiger partial charge on any atom is 0.269 e. The van der Waals surface area contributed by atoms with E-state index in [0.717, 1.165) is 0 Å². The molecule has 21 heavy (non-hydrogen) atoms. The van der Waals surface area contributed by atoms with E-state index in [2.05, 4.69) is 5.32 Å². The highest BCUT2D eigenvalue weighted by atomic mass is 19.1. The number of nitro benzene ring substituents is 1. The average Bonchev–Trinajstić information content (AvgIpc) is 2.43. The Labute approximate surface area is 120 Å². The Morgan fingerprint density at radius 3 is 2.48 bits per heavy atom. The molecule has 0 spiro atoms. The zero-order valence-electron chi connectivity index (χ0n) is 11.3. The quantitative estimate of drug-likeness (QED) is 0.693. The van der Waals surface area contributed by atoms with Crippen molar-refractivity contribution in [1.29, 1.82) is 0 Å². The van der Waals surface area contributed by atoms with Crippen molar-refractivity contribution < 1.29 is 14.1 Å². The summed E-state index contributed by atoms with van der Waals surface area (Å²) in [7, 11) is 0. The molecule has 2 rings (SSSR count). The van der Waals surface area contributed by atoms with Gasteiger partial charge in [-0.25, -0.2) is 4.39 Å². The van der Waals surface area contributed by atoms with Crippen molar-refractivity contribution in [3.63, 3.8) is 0 Å².